The van der Waals surface area contributed by atoms with Gasteiger partial charge in [0.15, 0.2) is 11.5 Å². The summed E-state index contributed by atoms with van der Waals surface area (Å²) < 4.78 is 11.2. The van der Waals surface area contributed by atoms with Crippen molar-refractivity contribution in [2.24, 2.45) is 5.92 Å². The standard InChI is InChI=1S/C22H19NO3/c24-22(23-19-7-3-5-14-4-1-2-6-16(14)19)18-13-17(18)15-8-9-20-21(12-15)26-11-10-25-20/h1-9,12,17-18H,10-11,13H2,(H,23,24)/t17-,18-/m0/s1. The quantitative estimate of drug-likeness (QED) is 0.767. The van der Waals surface area contributed by atoms with Crippen LogP contribution >= 0.6 is 0 Å². The van der Waals surface area contributed by atoms with Crippen LogP contribution in [0.1, 0.15) is 17.9 Å². The predicted molar refractivity (Wildman–Crippen MR) is 101 cm³/mol. The maximum Gasteiger partial charge on any atom is 0.228 e. The molecule has 2 aliphatic rings. The van der Waals surface area contributed by atoms with E-state index in [1.165, 1.54) is 0 Å². The summed E-state index contributed by atoms with van der Waals surface area (Å²) in [6.07, 6.45) is 0.871. The van der Waals surface area contributed by atoms with Crippen LogP contribution in [0.25, 0.3) is 10.8 Å². The van der Waals surface area contributed by atoms with E-state index in [9.17, 15) is 4.79 Å². The first-order valence-corrected chi connectivity index (χ1v) is 8.98. The first kappa shape index (κ1) is 15.3. The van der Waals surface area contributed by atoms with Crippen LogP contribution in [-0.2, 0) is 4.79 Å². The molecule has 3 aromatic rings. The summed E-state index contributed by atoms with van der Waals surface area (Å²) in [4.78, 5) is 12.7. The van der Waals surface area contributed by atoms with E-state index in [-0.39, 0.29) is 17.7 Å². The van der Waals surface area contributed by atoms with Gasteiger partial charge in [0, 0.05) is 17.0 Å². The van der Waals surface area contributed by atoms with Crippen LogP contribution in [-0.4, -0.2) is 19.1 Å². The maximum atomic E-state index is 12.7. The number of hydrogen-bond acceptors (Lipinski definition) is 3. The van der Waals surface area contributed by atoms with Crippen molar-refractivity contribution < 1.29 is 14.3 Å². The number of carbonyl (C=O) groups excluding carboxylic acids is 1. The zero-order chi connectivity index (χ0) is 17.5. The summed E-state index contributed by atoms with van der Waals surface area (Å²) in [7, 11) is 0. The minimum absolute atomic E-state index is 0.0107. The fourth-order valence-electron chi connectivity index (χ4n) is 3.70. The number of carbonyl (C=O) groups is 1. The van der Waals surface area contributed by atoms with Gasteiger partial charge in [0.05, 0.1) is 0 Å². The van der Waals surface area contributed by atoms with Gasteiger partial charge in [-0.2, -0.15) is 0 Å². The van der Waals surface area contributed by atoms with E-state index in [1.807, 2.05) is 48.5 Å². The summed E-state index contributed by atoms with van der Waals surface area (Å²) in [6, 6.07) is 20.1. The summed E-state index contributed by atoms with van der Waals surface area (Å²) in [5, 5.41) is 5.31. The monoisotopic (exact) mass is 345 g/mol. The molecule has 5 rings (SSSR count). The molecule has 0 saturated heterocycles. The molecule has 1 aliphatic carbocycles. The SMILES string of the molecule is O=C(Nc1cccc2ccccc12)[C@H]1C[C@H]1c1ccc2c(c1)OCCO2. The van der Waals surface area contributed by atoms with Crippen molar-refractivity contribution in [2.75, 3.05) is 18.5 Å². The molecule has 0 aromatic heterocycles. The van der Waals surface area contributed by atoms with Crippen molar-refractivity contribution in [1.82, 2.24) is 0 Å². The van der Waals surface area contributed by atoms with Crippen LogP contribution in [0.3, 0.4) is 0 Å². The highest BCUT2D eigenvalue weighted by atomic mass is 16.6. The number of ether oxygens (including phenoxy) is 2. The summed E-state index contributed by atoms with van der Waals surface area (Å²) in [5.41, 5.74) is 2.02. The smallest absolute Gasteiger partial charge is 0.228 e. The normalized spacial score (nSPS) is 20.6. The summed E-state index contributed by atoms with van der Waals surface area (Å²) in [6.45, 7) is 1.16. The number of nitrogens with one attached hydrogen (secondary N) is 1. The molecule has 0 unspecified atom stereocenters. The van der Waals surface area contributed by atoms with Gasteiger partial charge in [-0.3, -0.25) is 4.79 Å². The molecule has 4 heteroatoms. The lowest BCUT2D eigenvalue weighted by Gasteiger charge is -2.18. The van der Waals surface area contributed by atoms with Crippen LogP contribution in [0.5, 0.6) is 11.5 Å². The number of anilines is 1. The Balaban J connectivity index is 1.33. The van der Waals surface area contributed by atoms with E-state index in [4.69, 9.17) is 9.47 Å². The van der Waals surface area contributed by atoms with Crippen molar-refractivity contribution in [1.29, 1.82) is 0 Å². The van der Waals surface area contributed by atoms with Crippen molar-refractivity contribution in [3.8, 4) is 11.5 Å². The third-order valence-corrected chi connectivity index (χ3v) is 5.17. The largest absolute Gasteiger partial charge is 0.486 e. The van der Waals surface area contributed by atoms with Crippen molar-refractivity contribution in [3.63, 3.8) is 0 Å². The summed E-state index contributed by atoms with van der Waals surface area (Å²) in [5.74, 6) is 1.92. The Morgan fingerprint density at radius 1 is 0.923 bits per heavy atom. The molecule has 26 heavy (non-hydrogen) atoms. The number of amides is 1. The van der Waals surface area contributed by atoms with E-state index in [2.05, 4.69) is 17.4 Å². The molecule has 0 radical (unpaired) electrons. The van der Waals surface area contributed by atoms with Crippen molar-refractivity contribution >= 4 is 22.4 Å². The first-order chi connectivity index (χ1) is 12.8. The second kappa shape index (κ2) is 6.06. The molecule has 0 spiro atoms. The van der Waals surface area contributed by atoms with Gasteiger partial charge in [-0.05, 0) is 41.5 Å². The molecule has 1 aliphatic heterocycles. The molecule has 3 aromatic carbocycles. The average molecular weight is 345 g/mol. The van der Waals surface area contributed by atoms with Crippen LogP contribution in [0.4, 0.5) is 5.69 Å². The molecule has 1 heterocycles. The molecular formula is C22H19NO3. The van der Waals surface area contributed by atoms with E-state index < -0.39 is 0 Å². The van der Waals surface area contributed by atoms with Crippen molar-refractivity contribution in [2.45, 2.75) is 12.3 Å². The van der Waals surface area contributed by atoms with Crippen molar-refractivity contribution in [3.05, 3.63) is 66.2 Å². The van der Waals surface area contributed by atoms with Gasteiger partial charge < -0.3 is 14.8 Å². The Morgan fingerprint density at radius 2 is 1.73 bits per heavy atom. The highest BCUT2D eigenvalue weighted by molar-refractivity contribution is 6.03. The highest BCUT2D eigenvalue weighted by Gasteiger charge is 2.44. The second-order valence-electron chi connectivity index (χ2n) is 6.87. The van der Waals surface area contributed by atoms with Gasteiger partial charge >= 0.3 is 0 Å². The topological polar surface area (TPSA) is 47.6 Å². The fourth-order valence-corrected chi connectivity index (χ4v) is 3.70. The lowest BCUT2D eigenvalue weighted by molar-refractivity contribution is -0.117. The van der Waals surface area contributed by atoms with Gasteiger partial charge in [0.25, 0.3) is 0 Å². The first-order valence-electron chi connectivity index (χ1n) is 8.98. The minimum atomic E-state index is 0.0107. The second-order valence-corrected chi connectivity index (χ2v) is 6.87. The number of hydrogen-bond donors (Lipinski definition) is 1. The Hall–Kier alpha value is -3.01. The Kier molecular flexibility index (Phi) is 3.56. The predicted octanol–water partition coefficient (Wildman–Crippen LogP) is 4.35. The number of rotatable bonds is 3. The van der Waals surface area contributed by atoms with Gasteiger partial charge in [-0.1, -0.05) is 42.5 Å². The van der Waals surface area contributed by atoms with E-state index in [1.54, 1.807) is 0 Å². The van der Waals surface area contributed by atoms with Crippen LogP contribution in [0, 0.1) is 5.92 Å². The van der Waals surface area contributed by atoms with Gasteiger partial charge in [-0.15, -0.1) is 0 Å². The lowest BCUT2D eigenvalue weighted by atomic mass is 10.1. The zero-order valence-corrected chi connectivity index (χ0v) is 14.3. The van der Waals surface area contributed by atoms with E-state index in [0.29, 0.717) is 13.2 Å². The Morgan fingerprint density at radius 3 is 2.65 bits per heavy atom. The molecule has 2 atom stereocenters. The molecule has 0 bridgehead atoms. The van der Waals surface area contributed by atoms with Gasteiger partial charge in [0.1, 0.15) is 13.2 Å². The molecule has 1 fully saturated rings. The third kappa shape index (κ3) is 2.68. The molecule has 1 N–H and O–H groups in total. The van der Waals surface area contributed by atoms with Gasteiger partial charge in [0.2, 0.25) is 5.91 Å². The molecule has 130 valence electrons. The highest BCUT2D eigenvalue weighted by Crippen LogP contribution is 2.50. The molecule has 4 nitrogen and oxygen atoms in total. The third-order valence-electron chi connectivity index (χ3n) is 5.17. The van der Waals surface area contributed by atoms with E-state index in [0.717, 1.165) is 39.9 Å². The average Bonchev–Trinajstić information content (AvgIpc) is 3.49. The fraction of sp³-hybridized carbons (Fsp3) is 0.227. The molecule has 1 saturated carbocycles. The number of fused-ring (bicyclic) bond motifs is 2. The van der Waals surface area contributed by atoms with Crippen LogP contribution < -0.4 is 14.8 Å². The number of benzene rings is 3. The molecule has 1 amide bonds. The molecular weight excluding hydrogens is 326 g/mol. The van der Waals surface area contributed by atoms with Crippen LogP contribution in [0.2, 0.25) is 0 Å². The zero-order valence-electron chi connectivity index (χ0n) is 14.3. The minimum Gasteiger partial charge on any atom is -0.486 e. The maximum absolute atomic E-state index is 12.7. The summed E-state index contributed by atoms with van der Waals surface area (Å²) >= 11 is 0. The lowest BCUT2D eigenvalue weighted by Crippen LogP contribution is -2.16. The van der Waals surface area contributed by atoms with Gasteiger partial charge in [-0.25, -0.2) is 0 Å². The van der Waals surface area contributed by atoms with Crippen LogP contribution in [0.15, 0.2) is 60.7 Å². The van der Waals surface area contributed by atoms with E-state index >= 15 is 0 Å². The Labute approximate surface area is 151 Å². The Bertz CT molecular complexity index is 992.